The molecule has 0 saturated carbocycles. The van der Waals surface area contributed by atoms with Crippen molar-refractivity contribution in [1.29, 1.82) is 5.41 Å². The second kappa shape index (κ2) is 2.87. The fourth-order valence-corrected chi connectivity index (χ4v) is 2.95. The SMILES string of the molecule is N=C(N)n1[se]c2ccccc2c1=O. The molecule has 0 spiro atoms. The maximum atomic E-state index is 11.6. The molecule has 5 heteroatoms. The molecule has 0 unspecified atom stereocenters. The topological polar surface area (TPSA) is 71.9 Å². The monoisotopic (exact) mass is 241 g/mol. The Labute approximate surface area is 80.1 Å². The fraction of sp³-hybridized carbons (Fsp3) is 0. The molecule has 0 aliphatic rings. The number of nitrogens with two attached hydrogens (primary N) is 1. The number of fused-ring (bicyclic) bond motifs is 1. The van der Waals surface area contributed by atoms with Gasteiger partial charge in [0.1, 0.15) is 0 Å². The maximum absolute atomic E-state index is 11.6. The Balaban J connectivity index is 2.90. The molecule has 66 valence electrons. The van der Waals surface area contributed by atoms with Gasteiger partial charge in [-0.3, -0.25) is 0 Å². The number of nitrogens with one attached hydrogen (secondary N) is 1. The Morgan fingerprint density at radius 2 is 2.15 bits per heavy atom. The summed E-state index contributed by atoms with van der Waals surface area (Å²) in [5.74, 6) is -0.166. The van der Waals surface area contributed by atoms with E-state index in [0.717, 1.165) is 4.26 Å². The van der Waals surface area contributed by atoms with Gasteiger partial charge in [-0.05, 0) is 0 Å². The van der Waals surface area contributed by atoms with E-state index in [0.29, 0.717) is 5.39 Å². The number of nitrogens with zero attached hydrogens (tertiary/aromatic N) is 1. The minimum absolute atomic E-state index is 0.150. The Morgan fingerprint density at radius 1 is 1.46 bits per heavy atom. The van der Waals surface area contributed by atoms with E-state index in [1.165, 1.54) is 3.56 Å². The third kappa shape index (κ3) is 1.22. The minimum atomic E-state index is -0.166. The summed E-state index contributed by atoms with van der Waals surface area (Å²) in [5.41, 5.74) is 5.12. The van der Waals surface area contributed by atoms with Crippen LogP contribution in [0.25, 0.3) is 9.65 Å². The molecule has 2 rings (SSSR count). The normalized spacial score (nSPS) is 10.5. The van der Waals surface area contributed by atoms with Gasteiger partial charge in [0.05, 0.1) is 0 Å². The van der Waals surface area contributed by atoms with Crippen molar-refractivity contribution in [3.8, 4) is 0 Å². The predicted molar refractivity (Wildman–Crippen MR) is 52.5 cm³/mol. The van der Waals surface area contributed by atoms with E-state index in [1.807, 2.05) is 18.2 Å². The summed E-state index contributed by atoms with van der Waals surface area (Å²) >= 11 is -0.153. The molecule has 0 aliphatic heterocycles. The molecule has 0 atom stereocenters. The summed E-state index contributed by atoms with van der Waals surface area (Å²) in [6, 6.07) is 7.37. The number of hydrogen-bond acceptors (Lipinski definition) is 2. The van der Waals surface area contributed by atoms with Gasteiger partial charge in [-0.1, -0.05) is 0 Å². The standard InChI is InChI=1S/C8H7N3OSe/c9-8(10)11-7(12)5-3-1-2-4-6(5)13-11/h1-4H,(H3,9,10). The van der Waals surface area contributed by atoms with Crippen LogP contribution in [0.1, 0.15) is 0 Å². The summed E-state index contributed by atoms with van der Waals surface area (Å²) in [6.07, 6.45) is 0. The van der Waals surface area contributed by atoms with Crippen molar-refractivity contribution >= 4 is 30.3 Å². The van der Waals surface area contributed by atoms with Crippen LogP contribution in [-0.4, -0.2) is 24.3 Å². The van der Waals surface area contributed by atoms with Gasteiger partial charge in [-0.15, -0.1) is 0 Å². The first-order chi connectivity index (χ1) is 6.20. The van der Waals surface area contributed by atoms with Gasteiger partial charge in [0.15, 0.2) is 0 Å². The quantitative estimate of drug-likeness (QED) is 0.380. The van der Waals surface area contributed by atoms with Crippen LogP contribution in [0.4, 0.5) is 0 Å². The zero-order valence-electron chi connectivity index (χ0n) is 6.65. The van der Waals surface area contributed by atoms with E-state index in [-0.39, 0.29) is 26.3 Å². The summed E-state index contributed by atoms with van der Waals surface area (Å²) in [6.45, 7) is 0. The van der Waals surface area contributed by atoms with Crippen LogP contribution in [0.5, 0.6) is 0 Å². The second-order valence-electron chi connectivity index (χ2n) is 2.57. The number of nitrogen functional groups attached to an aromatic ring is 1. The van der Waals surface area contributed by atoms with Crippen molar-refractivity contribution in [2.75, 3.05) is 0 Å². The van der Waals surface area contributed by atoms with Crippen molar-refractivity contribution in [3.63, 3.8) is 0 Å². The molecule has 4 nitrogen and oxygen atoms in total. The van der Waals surface area contributed by atoms with E-state index in [9.17, 15) is 4.79 Å². The van der Waals surface area contributed by atoms with E-state index in [4.69, 9.17) is 11.1 Å². The van der Waals surface area contributed by atoms with Gasteiger partial charge in [-0.25, -0.2) is 0 Å². The molecule has 0 fully saturated rings. The van der Waals surface area contributed by atoms with Crippen LogP contribution < -0.4 is 11.3 Å². The Hall–Kier alpha value is -1.32. The molecule has 1 aromatic carbocycles. The predicted octanol–water partition coefficient (Wildman–Crippen LogP) is -0.200. The van der Waals surface area contributed by atoms with E-state index < -0.39 is 0 Å². The van der Waals surface area contributed by atoms with Crippen molar-refractivity contribution in [2.24, 2.45) is 5.73 Å². The van der Waals surface area contributed by atoms with Crippen molar-refractivity contribution < 1.29 is 0 Å². The molecule has 0 bridgehead atoms. The van der Waals surface area contributed by atoms with Crippen molar-refractivity contribution in [2.45, 2.75) is 0 Å². The zero-order valence-corrected chi connectivity index (χ0v) is 8.36. The van der Waals surface area contributed by atoms with E-state index in [1.54, 1.807) is 6.07 Å². The molecule has 0 amide bonds. The zero-order chi connectivity index (χ0) is 9.42. The van der Waals surface area contributed by atoms with Crippen LogP contribution in [0.15, 0.2) is 29.1 Å². The van der Waals surface area contributed by atoms with Gasteiger partial charge < -0.3 is 0 Å². The first-order valence-electron chi connectivity index (χ1n) is 3.65. The van der Waals surface area contributed by atoms with E-state index >= 15 is 0 Å². The third-order valence-corrected chi connectivity index (χ3v) is 4.01. The van der Waals surface area contributed by atoms with Crippen LogP contribution in [0.2, 0.25) is 0 Å². The molecule has 0 aliphatic carbocycles. The average Bonchev–Trinajstić information content (AvgIpc) is 2.45. The van der Waals surface area contributed by atoms with Crippen molar-refractivity contribution in [3.05, 3.63) is 34.6 Å². The third-order valence-electron chi connectivity index (χ3n) is 1.71. The fourth-order valence-electron chi connectivity index (χ4n) is 1.13. The molecule has 2 aromatic rings. The molecular weight excluding hydrogens is 233 g/mol. The van der Waals surface area contributed by atoms with Gasteiger partial charge in [0.25, 0.3) is 0 Å². The summed E-state index contributed by atoms with van der Waals surface area (Å²) in [4.78, 5) is 11.6. The molecule has 1 aromatic heterocycles. The molecule has 13 heavy (non-hydrogen) atoms. The Kier molecular flexibility index (Phi) is 1.83. The second-order valence-corrected chi connectivity index (χ2v) is 4.64. The number of benzene rings is 1. The average molecular weight is 240 g/mol. The molecule has 1 heterocycles. The molecule has 0 saturated heterocycles. The molecular formula is C8H7N3OSe. The first-order valence-corrected chi connectivity index (χ1v) is 5.28. The number of aromatic nitrogens is 1. The van der Waals surface area contributed by atoms with E-state index in [2.05, 4.69) is 0 Å². The van der Waals surface area contributed by atoms with Crippen LogP contribution in [0, 0.1) is 5.41 Å². The van der Waals surface area contributed by atoms with Crippen LogP contribution in [-0.2, 0) is 0 Å². The summed E-state index contributed by atoms with van der Waals surface area (Å²) in [7, 11) is 0. The molecule has 0 radical (unpaired) electrons. The van der Waals surface area contributed by atoms with Crippen LogP contribution in [0.3, 0.4) is 0 Å². The van der Waals surface area contributed by atoms with Gasteiger partial charge in [-0.2, -0.15) is 0 Å². The Bertz CT molecular complexity index is 525. The first kappa shape index (κ1) is 8.29. The van der Waals surface area contributed by atoms with Gasteiger partial charge in [0.2, 0.25) is 0 Å². The van der Waals surface area contributed by atoms with Gasteiger partial charge >= 0.3 is 79.7 Å². The number of rotatable bonds is 0. The van der Waals surface area contributed by atoms with Crippen molar-refractivity contribution in [1.82, 2.24) is 3.56 Å². The summed E-state index contributed by atoms with van der Waals surface area (Å²) < 4.78 is 2.31. The Morgan fingerprint density at radius 3 is 2.77 bits per heavy atom. The summed E-state index contributed by atoms with van der Waals surface area (Å²) in [5, 5.41) is 7.87. The number of hydrogen-bond donors (Lipinski definition) is 2. The molecule has 3 N–H and O–H groups in total. The van der Waals surface area contributed by atoms with Gasteiger partial charge in [0, 0.05) is 0 Å². The van der Waals surface area contributed by atoms with Crippen LogP contribution >= 0.6 is 0 Å².